The zero-order valence-electron chi connectivity index (χ0n) is 11.4. The molecule has 1 N–H and O–H groups in total. The minimum absolute atomic E-state index is 0.180. The Kier molecular flexibility index (Phi) is 4.14. The number of hydrogen-bond donors (Lipinski definition) is 1. The summed E-state index contributed by atoms with van der Waals surface area (Å²) in [6.07, 6.45) is 5.22. The Balaban J connectivity index is 2.69. The maximum atomic E-state index is 4.37. The fourth-order valence-electron chi connectivity index (χ4n) is 1.63. The van der Waals surface area contributed by atoms with Crippen molar-refractivity contribution in [1.82, 2.24) is 15.1 Å². The Bertz CT molecular complexity index is 326. The second kappa shape index (κ2) is 5.00. The first kappa shape index (κ1) is 13.2. The lowest BCUT2D eigenvalue weighted by Crippen LogP contribution is -2.40. The third-order valence-corrected chi connectivity index (χ3v) is 3.14. The van der Waals surface area contributed by atoms with Crippen LogP contribution < -0.4 is 5.32 Å². The van der Waals surface area contributed by atoms with E-state index in [1.807, 2.05) is 10.9 Å². The van der Waals surface area contributed by atoms with Gasteiger partial charge >= 0.3 is 0 Å². The van der Waals surface area contributed by atoms with Gasteiger partial charge in [-0.1, -0.05) is 6.92 Å². The summed E-state index contributed by atoms with van der Waals surface area (Å²) in [5.41, 5.74) is 1.44. The molecule has 0 spiro atoms. The predicted octanol–water partition coefficient (Wildman–Crippen LogP) is 3.30. The van der Waals surface area contributed by atoms with Gasteiger partial charge in [-0.3, -0.25) is 4.68 Å². The molecule has 0 radical (unpaired) electrons. The summed E-state index contributed by atoms with van der Waals surface area (Å²) in [4.78, 5) is 0. The quantitative estimate of drug-likeness (QED) is 0.830. The van der Waals surface area contributed by atoms with E-state index in [-0.39, 0.29) is 5.54 Å². The summed E-state index contributed by atoms with van der Waals surface area (Å²) in [6.45, 7) is 13.2. The van der Waals surface area contributed by atoms with Crippen LogP contribution in [0, 0.1) is 0 Å². The van der Waals surface area contributed by atoms with Crippen molar-refractivity contribution < 1.29 is 0 Å². The van der Waals surface area contributed by atoms with Crippen molar-refractivity contribution in [3.05, 3.63) is 18.0 Å². The molecule has 0 bridgehead atoms. The van der Waals surface area contributed by atoms with Crippen LogP contribution in [0.2, 0.25) is 0 Å². The first-order valence-corrected chi connectivity index (χ1v) is 6.17. The smallest absolute Gasteiger partial charge is 0.0537 e. The Hall–Kier alpha value is -0.830. The topological polar surface area (TPSA) is 29.9 Å². The molecule has 0 saturated carbocycles. The van der Waals surface area contributed by atoms with E-state index in [1.165, 1.54) is 5.56 Å². The molecule has 0 saturated heterocycles. The highest BCUT2D eigenvalue weighted by molar-refractivity contribution is 5.10. The summed E-state index contributed by atoms with van der Waals surface area (Å²) in [7, 11) is 0. The Labute approximate surface area is 99.2 Å². The molecule has 0 aliphatic heterocycles. The van der Waals surface area contributed by atoms with E-state index in [9.17, 15) is 0 Å². The number of nitrogens with zero attached hydrogens (tertiary/aromatic N) is 2. The molecule has 1 heterocycles. The standard InChI is InChI=1S/C13H25N3/c1-7-13(5,6)15-11(4)12-8-14-16(9-12)10(2)3/h8-11,15H,7H2,1-6H3. The fourth-order valence-corrected chi connectivity index (χ4v) is 1.63. The van der Waals surface area contributed by atoms with Crippen LogP contribution in [-0.2, 0) is 0 Å². The third kappa shape index (κ3) is 3.34. The summed E-state index contributed by atoms with van der Waals surface area (Å²) < 4.78 is 2.01. The Morgan fingerprint density at radius 2 is 2.00 bits per heavy atom. The van der Waals surface area contributed by atoms with Gasteiger partial charge in [-0.05, 0) is 41.0 Å². The van der Waals surface area contributed by atoms with Crippen molar-refractivity contribution >= 4 is 0 Å². The lowest BCUT2D eigenvalue weighted by atomic mass is 9.99. The predicted molar refractivity (Wildman–Crippen MR) is 68.5 cm³/mol. The van der Waals surface area contributed by atoms with Gasteiger partial charge in [-0.25, -0.2) is 0 Å². The van der Waals surface area contributed by atoms with Crippen molar-refractivity contribution in [1.29, 1.82) is 0 Å². The van der Waals surface area contributed by atoms with E-state index >= 15 is 0 Å². The molecule has 1 unspecified atom stereocenters. The van der Waals surface area contributed by atoms with Crippen LogP contribution >= 0.6 is 0 Å². The van der Waals surface area contributed by atoms with Crippen LogP contribution in [0.1, 0.15) is 65.6 Å². The molecule has 0 fully saturated rings. The molecule has 0 aliphatic carbocycles. The summed E-state index contributed by atoms with van der Waals surface area (Å²) in [6, 6.07) is 0.780. The molecule has 1 atom stereocenters. The van der Waals surface area contributed by atoms with Crippen molar-refractivity contribution in [2.75, 3.05) is 0 Å². The fraction of sp³-hybridized carbons (Fsp3) is 0.769. The maximum absolute atomic E-state index is 4.37. The van der Waals surface area contributed by atoms with Gasteiger partial charge in [0.25, 0.3) is 0 Å². The van der Waals surface area contributed by atoms with Crippen molar-refractivity contribution in [3.63, 3.8) is 0 Å². The average molecular weight is 223 g/mol. The van der Waals surface area contributed by atoms with Gasteiger partial charge in [0, 0.05) is 29.4 Å². The second-order valence-electron chi connectivity index (χ2n) is 5.45. The second-order valence-corrected chi connectivity index (χ2v) is 5.45. The summed E-state index contributed by atoms with van der Waals surface area (Å²) in [5, 5.41) is 7.99. The number of hydrogen-bond acceptors (Lipinski definition) is 2. The van der Waals surface area contributed by atoms with Crippen LogP contribution in [0.3, 0.4) is 0 Å². The summed E-state index contributed by atoms with van der Waals surface area (Å²) >= 11 is 0. The molecule has 1 aromatic heterocycles. The van der Waals surface area contributed by atoms with Crippen LogP contribution in [-0.4, -0.2) is 15.3 Å². The van der Waals surface area contributed by atoms with Gasteiger partial charge in [0.1, 0.15) is 0 Å². The van der Waals surface area contributed by atoms with E-state index in [0.29, 0.717) is 12.1 Å². The van der Waals surface area contributed by atoms with Crippen LogP contribution in [0.25, 0.3) is 0 Å². The Morgan fingerprint density at radius 1 is 1.38 bits per heavy atom. The van der Waals surface area contributed by atoms with Gasteiger partial charge < -0.3 is 5.32 Å². The van der Waals surface area contributed by atoms with E-state index in [0.717, 1.165) is 6.42 Å². The lowest BCUT2D eigenvalue weighted by Gasteiger charge is -2.28. The average Bonchev–Trinajstić information content (AvgIpc) is 2.66. The minimum Gasteiger partial charge on any atom is -0.305 e. The van der Waals surface area contributed by atoms with Gasteiger partial charge in [-0.15, -0.1) is 0 Å². The molecule has 3 nitrogen and oxygen atoms in total. The van der Waals surface area contributed by atoms with E-state index in [4.69, 9.17) is 0 Å². The summed E-state index contributed by atoms with van der Waals surface area (Å²) in [5.74, 6) is 0. The van der Waals surface area contributed by atoms with E-state index < -0.39 is 0 Å². The van der Waals surface area contributed by atoms with Gasteiger partial charge in [0.2, 0.25) is 0 Å². The monoisotopic (exact) mass is 223 g/mol. The SMILES string of the molecule is CCC(C)(C)NC(C)c1cnn(C(C)C)c1. The first-order valence-electron chi connectivity index (χ1n) is 6.17. The highest BCUT2D eigenvalue weighted by Crippen LogP contribution is 2.18. The van der Waals surface area contributed by atoms with E-state index in [2.05, 4.69) is 58.2 Å². The highest BCUT2D eigenvalue weighted by atomic mass is 15.3. The number of rotatable bonds is 5. The molecule has 3 heteroatoms. The van der Waals surface area contributed by atoms with E-state index in [1.54, 1.807) is 0 Å². The van der Waals surface area contributed by atoms with Gasteiger partial charge in [-0.2, -0.15) is 5.10 Å². The molecule has 16 heavy (non-hydrogen) atoms. The minimum atomic E-state index is 0.180. The molecular weight excluding hydrogens is 198 g/mol. The molecule has 0 aromatic carbocycles. The molecule has 0 aliphatic rings. The number of aromatic nitrogens is 2. The third-order valence-electron chi connectivity index (χ3n) is 3.14. The van der Waals surface area contributed by atoms with Crippen LogP contribution in [0.5, 0.6) is 0 Å². The molecule has 1 rings (SSSR count). The molecule has 0 amide bonds. The van der Waals surface area contributed by atoms with Crippen LogP contribution in [0.4, 0.5) is 0 Å². The van der Waals surface area contributed by atoms with Gasteiger partial charge in [0.05, 0.1) is 6.20 Å². The maximum Gasteiger partial charge on any atom is 0.0537 e. The molecule has 1 aromatic rings. The first-order chi connectivity index (χ1) is 7.35. The largest absolute Gasteiger partial charge is 0.305 e. The molecular formula is C13H25N3. The zero-order chi connectivity index (χ0) is 12.3. The highest BCUT2D eigenvalue weighted by Gasteiger charge is 2.19. The van der Waals surface area contributed by atoms with Crippen molar-refractivity contribution in [2.45, 2.75) is 65.6 Å². The van der Waals surface area contributed by atoms with Gasteiger partial charge in [0.15, 0.2) is 0 Å². The molecule has 92 valence electrons. The van der Waals surface area contributed by atoms with Crippen LogP contribution in [0.15, 0.2) is 12.4 Å². The van der Waals surface area contributed by atoms with Crippen molar-refractivity contribution in [2.24, 2.45) is 0 Å². The number of nitrogens with one attached hydrogen (secondary N) is 1. The Morgan fingerprint density at radius 3 is 2.44 bits per heavy atom. The zero-order valence-corrected chi connectivity index (χ0v) is 11.4. The normalized spacial score (nSPS) is 14.4. The lowest BCUT2D eigenvalue weighted by molar-refractivity contribution is 0.337. The van der Waals surface area contributed by atoms with Crippen molar-refractivity contribution in [3.8, 4) is 0 Å².